The fraction of sp³-hybridized carbons (Fsp3) is 1.00. The quantitative estimate of drug-likeness (QED) is 0.831. The van der Waals surface area contributed by atoms with Crippen LogP contribution >= 0.6 is 11.8 Å². The lowest BCUT2D eigenvalue weighted by Gasteiger charge is -2.43. The molecular formula is C13H26N2OS. The highest BCUT2D eigenvalue weighted by molar-refractivity contribution is 8.00. The number of nitrogens with zero attached hydrogens (tertiary/aromatic N) is 1. The van der Waals surface area contributed by atoms with E-state index in [1.807, 2.05) is 0 Å². The minimum absolute atomic E-state index is 0.239. The average Bonchev–Trinajstić information content (AvgIpc) is 2.73. The van der Waals surface area contributed by atoms with Gasteiger partial charge < -0.3 is 10.5 Å². The van der Waals surface area contributed by atoms with E-state index in [1.54, 1.807) is 0 Å². The van der Waals surface area contributed by atoms with Gasteiger partial charge in [-0.1, -0.05) is 6.92 Å². The Morgan fingerprint density at radius 3 is 2.65 bits per heavy atom. The Morgan fingerprint density at radius 1 is 1.41 bits per heavy atom. The molecule has 0 aromatic carbocycles. The van der Waals surface area contributed by atoms with Gasteiger partial charge in [-0.25, -0.2) is 0 Å². The smallest absolute Gasteiger partial charge is 0.0469 e. The Balaban J connectivity index is 1.94. The SMILES string of the molecule is CC1SCCC1(CN)N(C)CC1CCOCC1. The van der Waals surface area contributed by atoms with E-state index in [-0.39, 0.29) is 5.54 Å². The van der Waals surface area contributed by atoms with Gasteiger partial charge in [-0.2, -0.15) is 11.8 Å². The largest absolute Gasteiger partial charge is 0.381 e. The maximum Gasteiger partial charge on any atom is 0.0469 e. The summed E-state index contributed by atoms with van der Waals surface area (Å²) in [6, 6.07) is 0. The van der Waals surface area contributed by atoms with Crippen LogP contribution < -0.4 is 5.73 Å². The molecule has 2 N–H and O–H groups in total. The van der Waals surface area contributed by atoms with Gasteiger partial charge in [0.2, 0.25) is 0 Å². The van der Waals surface area contributed by atoms with Crippen molar-refractivity contribution >= 4 is 11.8 Å². The number of hydrogen-bond donors (Lipinski definition) is 1. The Labute approximate surface area is 109 Å². The third-order valence-electron chi connectivity index (χ3n) is 4.65. The van der Waals surface area contributed by atoms with Crippen LogP contribution in [0.15, 0.2) is 0 Å². The molecule has 0 aromatic heterocycles. The molecule has 2 atom stereocenters. The second-order valence-electron chi connectivity index (χ2n) is 5.51. The maximum absolute atomic E-state index is 6.09. The number of thioether (sulfide) groups is 1. The molecule has 0 aromatic rings. The molecule has 2 aliphatic rings. The molecule has 0 amide bonds. The van der Waals surface area contributed by atoms with Crippen LogP contribution in [0.25, 0.3) is 0 Å². The van der Waals surface area contributed by atoms with Crippen molar-refractivity contribution in [1.82, 2.24) is 4.90 Å². The van der Waals surface area contributed by atoms with Crippen LogP contribution in [0.4, 0.5) is 0 Å². The lowest BCUT2D eigenvalue weighted by molar-refractivity contribution is 0.0351. The zero-order valence-corrected chi connectivity index (χ0v) is 12.0. The van der Waals surface area contributed by atoms with Crippen molar-refractivity contribution in [3.05, 3.63) is 0 Å². The first-order chi connectivity index (χ1) is 8.19. The van der Waals surface area contributed by atoms with E-state index >= 15 is 0 Å². The molecule has 2 saturated heterocycles. The highest BCUT2D eigenvalue weighted by atomic mass is 32.2. The van der Waals surface area contributed by atoms with Gasteiger partial charge in [0.15, 0.2) is 0 Å². The zero-order chi connectivity index (χ0) is 12.3. The Morgan fingerprint density at radius 2 is 2.12 bits per heavy atom. The summed E-state index contributed by atoms with van der Waals surface area (Å²) in [5, 5.41) is 0.664. The van der Waals surface area contributed by atoms with Gasteiger partial charge in [0, 0.05) is 37.1 Å². The van der Waals surface area contributed by atoms with E-state index in [4.69, 9.17) is 10.5 Å². The molecule has 2 rings (SSSR count). The standard InChI is InChI=1S/C13H26N2OS/c1-11-13(10-14,5-8-17-11)15(2)9-12-3-6-16-7-4-12/h11-12H,3-10,14H2,1-2H3. The third-order valence-corrected chi connectivity index (χ3v) is 6.02. The summed E-state index contributed by atoms with van der Waals surface area (Å²) in [6.45, 7) is 6.20. The zero-order valence-electron chi connectivity index (χ0n) is 11.2. The number of likely N-dealkylation sites (N-methyl/N-ethyl adjacent to an activating group) is 1. The van der Waals surface area contributed by atoms with E-state index in [0.29, 0.717) is 5.25 Å². The van der Waals surface area contributed by atoms with Crippen LogP contribution in [0.2, 0.25) is 0 Å². The monoisotopic (exact) mass is 258 g/mol. The third kappa shape index (κ3) is 2.80. The summed E-state index contributed by atoms with van der Waals surface area (Å²) < 4.78 is 5.43. The summed E-state index contributed by atoms with van der Waals surface area (Å²) in [5.74, 6) is 2.06. The van der Waals surface area contributed by atoms with Crippen molar-refractivity contribution in [3.63, 3.8) is 0 Å². The summed E-state index contributed by atoms with van der Waals surface area (Å²) in [4.78, 5) is 2.55. The van der Waals surface area contributed by atoms with Crippen molar-refractivity contribution in [2.24, 2.45) is 11.7 Å². The van der Waals surface area contributed by atoms with Crippen LogP contribution in [0.5, 0.6) is 0 Å². The fourth-order valence-corrected chi connectivity index (χ4v) is 4.72. The van der Waals surface area contributed by atoms with E-state index in [1.165, 1.54) is 31.6 Å². The predicted molar refractivity (Wildman–Crippen MR) is 74.5 cm³/mol. The summed E-state index contributed by atoms with van der Waals surface area (Å²) in [6.07, 6.45) is 3.67. The van der Waals surface area contributed by atoms with Gasteiger partial charge in [-0.05, 0) is 38.0 Å². The number of rotatable bonds is 4. The van der Waals surface area contributed by atoms with Crippen molar-refractivity contribution in [3.8, 4) is 0 Å². The fourth-order valence-electron chi connectivity index (χ4n) is 3.19. The van der Waals surface area contributed by atoms with Gasteiger partial charge >= 0.3 is 0 Å². The van der Waals surface area contributed by atoms with E-state index in [0.717, 1.165) is 25.7 Å². The number of ether oxygens (including phenoxy) is 1. The topological polar surface area (TPSA) is 38.5 Å². The van der Waals surface area contributed by atoms with E-state index in [9.17, 15) is 0 Å². The van der Waals surface area contributed by atoms with Gasteiger partial charge in [0.05, 0.1) is 0 Å². The Bertz CT molecular complexity index is 246. The van der Waals surface area contributed by atoms with Gasteiger partial charge in [-0.15, -0.1) is 0 Å². The summed E-state index contributed by atoms with van der Waals surface area (Å²) in [5.41, 5.74) is 6.32. The molecule has 3 nitrogen and oxygen atoms in total. The normalized spacial score (nSPS) is 35.6. The lowest BCUT2D eigenvalue weighted by Crippen LogP contribution is -2.57. The molecule has 17 heavy (non-hydrogen) atoms. The highest BCUT2D eigenvalue weighted by Crippen LogP contribution is 2.39. The first kappa shape index (κ1) is 13.7. The lowest BCUT2D eigenvalue weighted by atomic mass is 9.89. The molecule has 2 fully saturated rings. The first-order valence-electron chi connectivity index (χ1n) is 6.79. The minimum Gasteiger partial charge on any atom is -0.381 e. The van der Waals surface area contributed by atoms with E-state index in [2.05, 4.69) is 30.6 Å². The molecule has 4 heteroatoms. The maximum atomic E-state index is 6.09. The second kappa shape index (κ2) is 5.91. The van der Waals surface area contributed by atoms with Crippen LogP contribution in [0.1, 0.15) is 26.2 Å². The molecule has 2 heterocycles. The highest BCUT2D eigenvalue weighted by Gasteiger charge is 2.43. The van der Waals surface area contributed by atoms with Gasteiger partial charge in [0.1, 0.15) is 0 Å². The van der Waals surface area contributed by atoms with Crippen molar-refractivity contribution < 1.29 is 4.74 Å². The Kier molecular flexibility index (Phi) is 4.75. The van der Waals surface area contributed by atoms with Crippen LogP contribution in [0, 0.1) is 5.92 Å². The average molecular weight is 258 g/mol. The van der Waals surface area contributed by atoms with Crippen molar-refractivity contribution in [1.29, 1.82) is 0 Å². The number of nitrogens with two attached hydrogens (primary N) is 1. The van der Waals surface area contributed by atoms with Crippen molar-refractivity contribution in [2.75, 3.05) is 39.1 Å². The molecule has 0 spiro atoms. The molecule has 0 aliphatic carbocycles. The first-order valence-corrected chi connectivity index (χ1v) is 7.84. The van der Waals surface area contributed by atoms with Gasteiger partial charge in [-0.3, -0.25) is 4.90 Å². The molecule has 0 bridgehead atoms. The number of hydrogen-bond acceptors (Lipinski definition) is 4. The van der Waals surface area contributed by atoms with E-state index < -0.39 is 0 Å². The molecule has 2 aliphatic heterocycles. The van der Waals surface area contributed by atoms with Gasteiger partial charge in [0.25, 0.3) is 0 Å². The summed E-state index contributed by atoms with van der Waals surface area (Å²) >= 11 is 2.07. The van der Waals surface area contributed by atoms with Crippen LogP contribution in [0.3, 0.4) is 0 Å². The Hall–Kier alpha value is 0.230. The molecule has 0 saturated carbocycles. The second-order valence-corrected chi connectivity index (χ2v) is 6.96. The van der Waals surface area contributed by atoms with Crippen molar-refractivity contribution in [2.45, 2.75) is 37.0 Å². The van der Waals surface area contributed by atoms with Crippen LogP contribution in [-0.2, 0) is 4.74 Å². The molecule has 100 valence electrons. The van der Waals surface area contributed by atoms with Crippen LogP contribution in [-0.4, -0.2) is 54.8 Å². The minimum atomic E-state index is 0.239. The molecule has 0 radical (unpaired) electrons. The molecular weight excluding hydrogens is 232 g/mol. The summed E-state index contributed by atoms with van der Waals surface area (Å²) in [7, 11) is 2.27. The predicted octanol–water partition coefficient (Wildman–Crippen LogP) is 1.57. The molecule has 2 unspecified atom stereocenters.